The van der Waals surface area contributed by atoms with Gasteiger partial charge in [-0.15, -0.1) is 0 Å². The Morgan fingerprint density at radius 3 is 1.62 bits per heavy atom. The Kier molecular flexibility index (Phi) is 10.7. The van der Waals surface area contributed by atoms with Crippen molar-refractivity contribution in [3.05, 3.63) is 30.3 Å². The second-order valence-electron chi connectivity index (χ2n) is 11.5. The maximum atomic E-state index is 11.4. The molecule has 2 aliphatic heterocycles. The van der Waals surface area contributed by atoms with Gasteiger partial charge in [0.15, 0.2) is 17.2 Å². The molecule has 5 rings (SSSR count). The summed E-state index contributed by atoms with van der Waals surface area (Å²) in [5.41, 5.74) is -0.315. The predicted octanol–water partition coefficient (Wildman–Crippen LogP) is -1.30. The lowest BCUT2D eigenvalue weighted by atomic mass is 9.99. The zero-order chi connectivity index (χ0) is 36.6. The van der Waals surface area contributed by atoms with Crippen molar-refractivity contribution in [1.29, 1.82) is 0 Å². The average Bonchev–Trinajstić information content (AvgIpc) is 3.06. The molecule has 0 unspecified atom stereocenters. The minimum Gasteiger partial charge on any atom is -0.507 e. The number of benzene rings is 2. The molecule has 272 valence electrons. The summed E-state index contributed by atoms with van der Waals surface area (Å²) < 4.78 is 38.6. The minimum atomic E-state index is -1.92. The molecule has 10 atom stereocenters. The molecular weight excluding hydrogens is 676 g/mol. The SMILES string of the molecule is CC(=O)OC[C@H]1O[C@@H](Oc2cc3c(O[C@@H]4O[C@H](COC(C)=O)[C@@H](O)[C@H](O)[C@H]4O)cc(O)cc3[o+]c2-c2cc(O)c(O)c(O)c2)[C@H](O)[C@@H](O)[C@@H]1O. The number of aliphatic hydroxyl groups excluding tert-OH is 6. The number of phenolic OH excluding ortho intramolecular Hbond substituents is 4. The first-order valence-electron chi connectivity index (χ1n) is 14.9. The van der Waals surface area contributed by atoms with Crippen molar-refractivity contribution in [2.75, 3.05) is 13.2 Å². The molecule has 2 saturated heterocycles. The van der Waals surface area contributed by atoms with Gasteiger partial charge in [0.1, 0.15) is 78.9 Å². The van der Waals surface area contributed by atoms with Crippen LogP contribution in [0.3, 0.4) is 0 Å². The first-order chi connectivity index (χ1) is 23.5. The minimum absolute atomic E-state index is 0.0518. The van der Waals surface area contributed by atoms with E-state index in [9.17, 15) is 60.7 Å². The largest absolute Gasteiger partial charge is 0.507 e. The molecule has 3 heterocycles. The quantitative estimate of drug-likeness (QED) is 0.0701. The summed E-state index contributed by atoms with van der Waals surface area (Å²) in [6.45, 7) is 1.13. The fraction of sp³-hybridized carbons (Fsp3) is 0.452. The third-order valence-electron chi connectivity index (χ3n) is 7.86. The fourth-order valence-corrected chi connectivity index (χ4v) is 5.24. The molecule has 0 radical (unpaired) electrons. The summed E-state index contributed by atoms with van der Waals surface area (Å²) in [6, 6.07) is 5.28. The Morgan fingerprint density at radius 1 is 0.660 bits per heavy atom. The van der Waals surface area contributed by atoms with E-state index in [1.165, 1.54) is 6.07 Å². The van der Waals surface area contributed by atoms with Gasteiger partial charge in [-0.1, -0.05) is 0 Å². The molecule has 0 saturated carbocycles. The summed E-state index contributed by atoms with van der Waals surface area (Å²) in [4.78, 5) is 22.7. The number of carbonyl (C=O) groups excluding carboxylic acids is 2. The number of aromatic hydroxyl groups is 4. The number of phenols is 4. The summed E-state index contributed by atoms with van der Waals surface area (Å²) in [7, 11) is 0. The van der Waals surface area contributed by atoms with Gasteiger partial charge in [-0.2, -0.15) is 0 Å². The number of hydrogen-bond donors (Lipinski definition) is 10. The third-order valence-corrected chi connectivity index (χ3v) is 7.86. The van der Waals surface area contributed by atoms with Crippen molar-refractivity contribution in [3.8, 4) is 45.8 Å². The highest BCUT2D eigenvalue weighted by molar-refractivity contribution is 5.89. The van der Waals surface area contributed by atoms with Crippen LogP contribution < -0.4 is 9.47 Å². The average molecular weight is 712 g/mol. The van der Waals surface area contributed by atoms with Crippen LogP contribution in [0, 0.1) is 0 Å². The second kappa shape index (κ2) is 14.6. The summed E-state index contributed by atoms with van der Waals surface area (Å²) in [5.74, 6) is -5.35. The molecule has 2 aliphatic rings. The Labute approximate surface area is 281 Å². The lowest BCUT2D eigenvalue weighted by molar-refractivity contribution is -0.278. The standard InChI is InChI=1S/C31H34O19/c1-10(32)44-8-20-23(38)25(40)27(42)30(49-20)47-18-6-13(34)5-17-14(18)7-19(29(46-17)12-3-15(35)22(37)16(36)4-12)48-31-28(43)26(41)24(39)21(50-31)9-45-11(2)33/h3-7,20-21,23-28,30-31,38-43H,8-9H2,1-2H3,(H3-,34,35,36,37)/p+1/t20-,21-,23-,24-,25+,26+,27-,28-,30-,31-/m1/s1. The van der Waals surface area contributed by atoms with Crippen molar-refractivity contribution in [2.24, 2.45) is 0 Å². The summed E-state index contributed by atoms with van der Waals surface area (Å²) in [6.07, 6.45) is -17.2. The molecule has 0 spiro atoms. The molecule has 2 aromatic carbocycles. The van der Waals surface area contributed by atoms with Crippen LogP contribution in [0.25, 0.3) is 22.3 Å². The van der Waals surface area contributed by atoms with Crippen LogP contribution in [0.1, 0.15) is 13.8 Å². The van der Waals surface area contributed by atoms with E-state index in [-0.39, 0.29) is 33.8 Å². The van der Waals surface area contributed by atoms with Crippen molar-refractivity contribution >= 4 is 22.9 Å². The van der Waals surface area contributed by atoms with E-state index in [1.807, 2.05) is 0 Å². The molecule has 3 aromatic rings. The van der Waals surface area contributed by atoms with E-state index in [2.05, 4.69) is 0 Å². The molecule has 0 amide bonds. The Bertz CT molecular complexity index is 1710. The Morgan fingerprint density at radius 2 is 1.14 bits per heavy atom. The van der Waals surface area contributed by atoms with E-state index in [1.54, 1.807) is 0 Å². The summed E-state index contributed by atoms with van der Waals surface area (Å²) in [5, 5.41) is 104. The van der Waals surface area contributed by atoms with E-state index in [0.717, 1.165) is 38.1 Å². The molecule has 10 N–H and O–H groups in total. The molecule has 0 bridgehead atoms. The lowest BCUT2D eigenvalue weighted by Gasteiger charge is -2.40. The molecule has 19 nitrogen and oxygen atoms in total. The van der Waals surface area contributed by atoms with Gasteiger partial charge in [-0.3, -0.25) is 9.59 Å². The second-order valence-corrected chi connectivity index (χ2v) is 11.5. The fourth-order valence-electron chi connectivity index (χ4n) is 5.24. The number of carbonyl (C=O) groups is 2. The van der Waals surface area contributed by atoms with Gasteiger partial charge in [0.05, 0.1) is 11.6 Å². The highest BCUT2D eigenvalue weighted by Gasteiger charge is 2.48. The van der Waals surface area contributed by atoms with Gasteiger partial charge in [-0.25, -0.2) is 4.42 Å². The van der Waals surface area contributed by atoms with E-state index in [4.69, 9.17) is 32.8 Å². The van der Waals surface area contributed by atoms with E-state index >= 15 is 0 Å². The molecular formula is C31H35O19+. The summed E-state index contributed by atoms with van der Waals surface area (Å²) >= 11 is 0. The van der Waals surface area contributed by atoms with Crippen molar-refractivity contribution in [1.82, 2.24) is 0 Å². The van der Waals surface area contributed by atoms with Crippen LogP contribution in [0.15, 0.2) is 34.7 Å². The van der Waals surface area contributed by atoms with Gasteiger partial charge >= 0.3 is 23.3 Å². The van der Waals surface area contributed by atoms with Crippen molar-refractivity contribution in [2.45, 2.75) is 75.3 Å². The number of hydrogen-bond acceptors (Lipinski definition) is 18. The first kappa shape index (κ1) is 36.5. The van der Waals surface area contributed by atoms with Gasteiger partial charge in [0.2, 0.25) is 18.3 Å². The number of ether oxygens (including phenoxy) is 6. The molecule has 1 aromatic heterocycles. The monoisotopic (exact) mass is 711 g/mol. The van der Waals surface area contributed by atoms with Gasteiger partial charge in [0, 0.05) is 38.1 Å². The van der Waals surface area contributed by atoms with Crippen LogP contribution >= 0.6 is 0 Å². The normalized spacial score (nSPS) is 29.7. The van der Waals surface area contributed by atoms with Crippen LogP contribution in [-0.2, 0) is 28.5 Å². The van der Waals surface area contributed by atoms with Crippen molar-refractivity contribution < 1.29 is 93.5 Å². The number of rotatable bonds is 9. The van der Waals surface area contributed by atoms with Crippen LogP contribution in [0.4, 0.5) is 0 Å². The highest BCUT2D eigenvalue weighted by Crippen LogP contribution is 2.45. The maximum Gasteiger partial charge on any atom is 0.402 e. The van der Waals surface area contributed by atoms with Gasteiger partial charge < -0.3 is 79.5 Å². The number of aliphatic hydroxyl groups is 6. The number of esters is 2. The first-order valence-corrected chi connectivity index (χ1v) is 14.9. The third kappa shape index (κ3) is 7.54. The van der Waals surface area contributed by atoms with Crippen LogP contribution in [-0.4, -0.2) is 138 Å². The van der Waals surface area contributed by atoms with Crippen LogP contribution in [0.2, 0.25) is 0 Å². The molecule has 2 fully saturated rings. The maximum absolute atomic E-state index is 11.4. The lowest BCUT2D eigenvalue weighted by Crippen LogP contribution is -2.60. The van der Waals surface area contributed by atoms with E-state index in [0.29, 0.717) is 0 Å². The topological polar surface area (TPSA) is 303 Å². The molecule has 50 heavy (non-hydrogen) atoms. The Balaban J connectivity index is 1.59. The predicted molar refractivity (Wildman–Crippen MR) is 161 cm³/mol. The van der Waals surface area contributed by atoms with Crippen molar-refractivity contribution in [3.63, 3.8) is 0 Å². The van der Waals surface area contributed by atoms with Crippen LogP contribution in [0.5, 0.6) is 34.5 Å². The number of fused-ring (bicyclic) bond motifs is 1. The van der Waals surface area contributed by atoms with Gasteiger partial charge in [0.25, 0.3) is 0 Å². The zero-order valence-electron chi connectivity index (χ0n) is 26.2. The molecule has 0 aliphatic carbocycles. The Hall–Kier alpha value is -4.73. The highest BCUT2D eigenvalue weighted by atomic mass is 16.7. The molecule has 19 heteroatoms. The smallest absolute Gasteiger partial charge is 0.402 e. The van der Waals surface area contributed by atoms with E-state index < -0.39 is 110 Å². The zero-order valence-corrected chi connectivity index (χ0v) is 26.2. The van der Waals surface area contributed by atoms with Gasteiger partial charge in [-0.05, 0) is 0 Å².